The number of nitro groups is 1. The molecule has 1 heterocycles. The van der Waals surface area contributed by atoms with Crippen molar-refractivity contribution in [2.45, 2.75) is 12.1 Å². The van der Waals surface area contributed by atoms with E-state index >= 15 is 0 Å². The number of aliphatic hydroxyl groups excluding tert-OH is 1. The molecule has 1 aliphatic heterocycles. The lowest BCUT2D eigenvalue weighted by Gasteiger charge is -2.16. The summed E-state index contributed by atoms with van der Waals surface area (Å²) >= 11 is 3.15. The third kappa shape index (κ3) is 2.99. The number of anilines is 1. The fourth-order valence-corrected chi connectivity index (χ4v) is 2.41. The molecule has 1 aromatic carbocycles. The molecule has 8 nitrogen and oxygen atoms in total. The van der Waals surface area contributed by atoms with Crippen LogP contribution < -0.4 is 5.32 Å². The molecule has 1 aromatic rings. The Morgan fingerprint density at radius 1 is 1.50 bits per heavy atom. The van der Waals surface area contributed by atoms with Gasteiger partial charge in [-0.15, -0.1) is 0 Å². The smallest absolute Gasteiger partial charge is 0.407 e. The summed E-state index contributed by atoms with van der Waals surface area (Å²) in [5.41, 5.74) is 0.106. The minimum Gasteiger partial charge on any atom is -0.465 e. The molecule has 2 unspecified atom stereocenters. The Balaban J connectivity index is 2.18. The van der Waals surface area contributed by atoms with Gasteiger partial charge in [-0.25, -0.2) is 4.79 Å². The fraction of sp³-hybridized carbons (Fsp3) is 0.364. The van der Waals surface area contributed by atoms with E-state index in [1.54, 1.807) is 6.07 Å². The number of nitrogens with zero attached hydrogens (tertiary/aromatic N) is 2. The average molecular weight is 346 g/mol. The van der Waals surface area contributed by atoms with E-state index in [4.69, 9.17) is 5.11 Å². The van der Waals surface area contributed by atoms with E-state index in [2.05, 4.69) is 21.2 Å². The summed E-state index contributed by atoms with van der Waals surface area (Å²) < 4.78 is 0.564. The van der Waals surface area contributed by atoms with Crippen molar-refractivity contribution in [1.29, 1.82) is 0 Å². The second-order valence-electron chi connectivity index (χ2n) is 4.42. The number of amides is 1. The van der Waals surface area contributed by atoms with Crippen molar-refractivity contribution in [2.24, 2.45) is 0 Å². The number of nitro benzene ring substituents is 1. The standard InChI is InChI=1S/C11H12BrN3O5/c12-6-1-2-7(9(3-6)15(19)20)13-8-4-14(11(17)18)5-10(8)16/h1-3,8,10,13,16H,4-5H2,(H,17,18). The molecule has 0 aromatic heterocycles. The van der Waals surface area contributed by atoms with Crippen LogP contribution >= 0.6 is 15.9 Å². The quantitative estimate of drug-likeness (QED) is 0.564. The Kier molecular flexibility index (Phi) is 4.09. The third-order valence-electron chi connectivity index (χ3n) is 3.06. The molecule has 20 heavy (non-hydrogen) atoms. The maximum absolute atomic E-state index is 11.0. The highest BCUT2D eigenvalue weighted by Gasteiger charge is 2.34. The van der Waals surface area contributed by atoms with Crippen molar-refractivity contribution < 1.29 is 19.9 Å². The Morgan fingerprint density at radius 2 is 2.20 bits per heavy atom. The van der Waals surface area contributed by atoms with Gasteiger partial charge in [0, 0.05) is 17.1 Å². The van der Waals surface area contributed by atoms with Crippen LogP contribution in [0.4, 0.5) is 16.2 Å². The molecular formula is C11H12BrN3O5. The Bertz CT molecular complexity index is 553. The molecule has 108 valence electrons. The van der Waals surface area contributed by atoms with E-state index < -0.39 is 23.2 Å². The summed E-state index contributed by atoms with van der Waals surface area (Å²) in [6, 6.07) is 3.91. The minimum absolute atomic E-state index is 0.0165. The first-order valence-electron chi connectivity index (χ1n) is 5.75. The number of β-amino-alcohol motifs (C(OH)–C–C–N with tert-alkyl or cyclic N) is 1. The van der Waals surface area contributed by atoms with Crippen molar-refractivity contribution in [3.05, 3.63) is 32.8 Å². The third-order valence-corrected chi connectivity index (χ3v) is 3.55. The highest BCUT2D eigenvalue weighted by Crippen LogP contribution is 2.29. The zero-order valence-electron chi connectivity index (χ0n) is 10.2. The van der Waals surface area contributed by atoms with Crippen molar-refractivity contribution in [3.63, 3.8) is 0 Å². The van der Waals surface area contributed by atoms with Crippen LogP contribution in [0, 0.1) is 10.1 Å². The van der Waals surface area contributed by atoms with Crippen LogP contribution in [0.25, 0.3) is 0 Å². The van der Waals surface area contributed by atoms with Crippen molar-refractivity contribution in [2.75, 3.05) is 18.4 Å². The zero-order valence-corrected chi connectivity index (χ0v) is 11.8. The second-order valence-corrected chi connectivity index (χ2v) is 5.34. The van der Waals surface area contributed by atoms with E-state index in [0.29, 0.717) is 4.47 Å². The maximum atomic E-state index is 11.0. The molecule has 2 atom stereocenters. The number of nitrogens with one attached hydrogen (secondary N) is 1. The average Bonchev–Trinajstić information content (AvgIpc) is 2.73. The highest BCUT2D eigenvalue weighted by molar-refractivity contribution is 9.10. The summed E-state index contributed by atoms with van der Waals surface area (Å²) in [7, 11) is 0. The first-order chi connectivity index (χ1) is 9.38. The summed E-state index contributed by atoms with van der Waals surface area (Å²) in [5.74, 6) is 0. The number of benzene rings is 1. The second kappa shape index (κ2) is 5.63. The molecule has 9 heteroatoms. The number of hydrogen-bond donors (Lipinski definition) is 3. The zero-order chi connectivity index (χ0) is 14.9. The lowest BCUT2D eigenvalue weighted by Crippen LogP contribution is -2.32. The number of rotatable bonds is 3. The molecule has 0 saturated carbocycles. The monoisotopic (exact) mass is 345 g/mol. The Hall–Kier alpha value is -1.87. The topological polar surface area (TPSA) is 116 Å². The number of likely N-dealkylation sites (tertiary alicyclic amines) is 1. The first kappa shape index (κ1) is 14.5. The van der Waals surface area contributed by atoms with Gasteiger partial charge in [-0.2, -0.15) is 0 Å². The lowest BCUT2D eigenvalue weighted by molar-refractivity contribution is -0.384. The van der Waals surface area contributed by atoms with Crippen LogP contribution in [0.3, 0.4) is 0 Å². The van der Waals surface area contributed by atoms with Gasteiger partial charge in [0.2, 0.25) is 0 Å². The molecule has 1 fully saturated rings. The highest BCUT2D eigenvalue weighted by atomic mass is 79.9. The predicted molar refractivity (Wildman–Crippen MR) is 73.8 cm³/mol. The lowest BCUT2D eigenvalue weighted by atomic mass is 10.2. The molecule has 1 aliphatic rings. The fourth-order valence-electron chi connectivity index (χ4n) is 2.06. The van der Waals surface area contributed by atoms with Gasteiger partial charge in [0.1, 0.15) is 5.69 Å². The van der Waals surface area contributed by atoms with Crippen LogP contribution in [0.5, 0.6) is 0 Å². The van der Waals surface area contributed by atoms with Crippen molar-refractivity contribution >= 4 is 33.4 Å². The van der Waals surface area contributed by atoms with Crippen LogP contribution in [0.15, 0.2) is 22.7 Å². The summed E-state index contributed by atoms with van der Waals surface area (Å²) in [6.45, 7) is 0.0566. The number of hydrogen-bond acceptors (Lipinski definition) is 5. The first-order valence-corrected chi connectivity index (χ1v) is 6.54. The van der Waals surface area contributed by atoms with Gasteiger partial charge < -0.3 is 20.4 Å². The van der Waals surface area contributed by atoms with Gasteiger partial charge in [-0.1, -0.05) is 15.9 Å². The molecule has 3 N–H and O–H groups in total. The van der Waals surface area contributed by atoms with Gasteiger partial charge in [0.25, 0.3) is 5.69 Å². The van der Waals surface area contributed by atoms with Crippen LogP contribution in [0.2, 0.25) is 0 Å². The van der Waals surface area contributed by atoms with Gasteiger partial charge in [0.05, 0.1) is 23.6 Å². The van der Waals surface area contributed by atoms with E-state index in [-0.39, 0.29) is 24.5 Å². The Morgan fingerprint density at radius 3 is 2.75 bits per heavy atom. The Labute approximate surface area is 122 Å². The van der Waals surface area contributed by atoms with E-state index in [9.17, 15) is 20.0 Å². The summed E-state index contributed by atoms with van der Waals surface area (Å²) in [4.78, 5) is 22.3. The summed E-state index contributed by atoms with van der Waals surface area (Å²) in [6.07, 6.45) is -2.03. The molecule has 0 spiro atoms. The molecule has 0 aliphatic carbocycles. The molecule has 1 saturated heterocycles. The normalized spacial score (nSPS) is 21.8. The van der Waals surface area contributed by atoms with Crippen LogP contribution in [-0.4, -0.2) is 51.4 Å². The largest absolute Gasteiger partial charge is 0.465 e. The molecular weight excluding hydrogens is 334 g/mol. The maximum Gasteiger partial charge on any atom is 0.407 e. The molecule has 1 amide bonds. The van der Waals surface area contributed by atoms with Gasteiger partial charge in [-0.05, 0) is 12.1 Å². The van der Waals surface area contributed by atoms with Crippen LogP contribution in [-0.2, 0) is 0 Å². The molecule has 0 bridgehead atoms. The molecule has 0 radical (unpaired) electrons. The van der Waals surface area contributed by atoms with Gasteiger partial charge in [0.15, 0.2) is 0 Å². The summed E-state index contributed by atoms with van der Waals surface area (Å²) in [5, 5.41) is 32.5. The van der Waals surface area contributed by atoms with Gasteiger partial charge >= 0.3 is 6.09 Å². The van der Waals surface area contributed by atoms with Crippen molar-refractivity contribution in [1.82, 2.24) is 4.90 Å². The van der Waals surface area contributed by atoms with Gasteiger partial charge in [-0.3, -0.25) is 10.1 Å². The SMILES string of the molecule is O=C(O)N1CC(O)C(Nc2ccc(Br)cc2[N+](=O)[O-])C1. The molecule has 2 rings (SSSR count). The number of carbonyl (C=O) groups is 1. The number of halogens is 1. The van der Waals surface area contributed by atoms with E-state index in [1.807, 2.05) is 0 Å². The minimum atomic E-state index is -1.13. The number of carboxylic acid groups (broad SMARTS) is 1. The number of aliphatic hydroxyl groups is 1. The van der Waals surface area contributed by atoms with E-state index in [1.165, 1.54) is 12.1 Å². The van der Waals surface area contributed by atoms with E-state index in [0.717, 1.165) is 4.90 Å². The van der Waals surface area contributed by atoms with Crippen LogP contribution in [0.1, 0.15) is 0 Å². The predicted octanol–water partition coefficient (Wildman–Crippen LogP) is 1.49. The van der Waals surface area contributed by atoms with Crippen molar-refractivity contribution in [3.8, 4) is 0 Å².